The molecule has 1 rings (SSSR count). The molecule has 1 heterocycles. The molecule has 3 N–H and O–H groups in total. The standard InChI is InChI=1S/C7H14N2O/c8-7(10)3-1-2-6-4-5-9-6/h6,9H,1-5H2,(H2,8,10). The molecule has 3 nitrogen and oxygen atoms in total. The van der Waals surface area contributed by atoms with Crippen LogP contribution in [0.5, 0.6) is 0 Å². The van der Waals surface area contributed by atoms with Gasteiger partial charge in [-0.3, -0.25) is 4.79 Å². The number of nitrogens with one attached hydrogen (secondary N) is 1. The molecular formula is C7H14N2O. The first-order valence-electron chi connectivity index (χ1n) is 3.81. The molecule has 1 amide bonds. The van der Waals surface area contributed by atoms with Crippen LogP contribution < -0.4 is 11.1 Å². The van der Waals surface area contributed by atoms with Crippen molar-refractivity contribution in [3.63, 3.8) is 0 Å². The van der Waals surface area contributed by atoms with Crippen molar-refractivity contribution < 1.29 is 4.79 Å². The zero-order chi connectivity index (χ0) is 7.40. The molecular weight excluding hydrogens is 128 g/mol. The molecule has 0 bridgehead atoms. The molecule has 58 valence electrons. The Labute approximate surface area is 61.0 Å². The average molecular weight is 142 g/mol. The number of carbonyl (C=O) groups excluding carboxylic acids is 1. The average Bonchev–Trinajstić information content (AvgIpc) is 1.75. The number of primary amides is 1. The lowest BCUT2D eigenvalue weighted by molar-refractivity contribution is -0.118. The Hall–Kier alpha value is -0.570. The summed E-state index contributed by atoms with van der Waals surface area (Å²) in [6, 6.07) is 0.666. The van der Waals surface area contributed by atoms with Gasteiger partial charge in [0.25, 0.3) is 0 Å². The van der Waals surface area contributed by atoms with Gasteiger partial charge in [-0.05, 0) is 25.8 Å². The van der Waals surface area contributed by atoms with E-state index in [1.54, 1.807) is 0 Å². The van der Waals surface area contributed by atoms with E-state index in [1.807, 2.05) is 0 Å². The van der Waals surface area contributed by atoms with Crippen molar-refractivity contribution >= 4 is 5.91 Å². The van der Waals surface area contributed by atoms with Gasteiger partial charge in [-0.1, -0.05) is 0 Å². The third-order valence-corrected chi connectivity index (χ3v) is 1.90. The Morgan fingerprint density at radius 2 is 2.40 bits per heavy atom. The summed E-state index contributed by atoms with van der Waals surface area (Å²) in [6.07, 6.45) is 3.84. The number of carbonyl (C=O) groups is 1. The van der Waals surface area contributed by atoms with Gasteiger partial charge in [-0.15, -0.1) is 0 Å². The van der Waals surface area contributed by atoms with Gasteiger partial charge in [-0.2, -0.15) is 0 Å². The molecule has 1 saturated heterocycles. The fourth-order valence-electron chi connectivity index (χ4n) is 1.12. The SMILES string of the molecule is NC(=O)CCCC1CCN1. The highest BCUT2D eigenvalue weighted by Gasteiger charge is 2.15. The van der Waals surface area contributed by atoms with Crippen LogP contribution in [0.3, 0.4) is 0 Å². The lowest BCUT2D eigenvalue weighted by Crippen LogP contribution is -2.42. The highest BCUT2D eigenvalue weighted by molar-refractivity contribution is 5.73. The van der Waals surface area contributed by atoms with Crippen LogP contribution in [0, 0.1) is 0 Å². The van der Waals surface area contributed by atoms with Gasteiger partial charge < -0.3 is 11.1 Å². The molecule has 0 aromatic heterocycles. The topological polar surface area (TPSA) is 55.1 Å². The Morgan fingerprint density at radius 3 is 2.80 bits per heavy atom. The highest BCUT2D eigenvalue weighted by atomic mass is 16.1. The lowest BCUT2D eigenvalue weighted by atomic mass is 10.0. The first-order chi connectivity index (χ1) is 4.79. The van der Waals surface area contributed by atoms with Crippen molar-refractivity contribution in [2.75, 3.05) is 6.54 Å². The molecule has 1 aliphatic heterocycles. The molecule has 0 aromatic carbocycles. The molecule has 1 atom stereocenters. The maximum Gasteiger partial charge on any atom is 0.217 e. The highest BCUT2D eigenvalue weighted by Crippen LogP contribution is 2.09. The molecule has 3 heteroatoms. The van der Waals surface area contributed by atoms with Gasteiger partial charge in [-0.25, -0.2) is 0 Å². The van der Waals surface area contributed by atoms with Crippen molar-refractivity contribution in [2.45, 2.75) is 31.7 Å². The van der Waals surface area contributed by atoms with Crippen LogP contribution in [-0.4, -0.2) is 18.5 Å². The summed E-state index contributed by atoms with van der Waals surface area (Å²) >= 11 is 0. The zero-order valence-electron chi connectivity index (χ0n) is 6.10. The predicted octanol–water partition coefficient (Wildman–Crippen LogP) is 0.00390. The van der Waals surface area contributed by atoms with Crippen molar-refractivity contribution in [3.05, 3.63) is 0 Å². The van der Waals surface area contributed by atoms with Crippen molar-refractivity contribution in [1.29, 1.82) is 0 Å². The van der Waals surface area contributed by atoms with Gasteiger partial charge in [0, 0.05) is 12.5 Å². The van der Waals surface area contributed by atoms with E-state index < -0.39 is 0 Å². The third-order valence-electron chi connectivity index (χ3n) is 1.90. The molecule has 1 unspecified atom stereocenters. The Bertz CT molecular complexity index is 121. The second-order valence-corrected chi connectivity index (χ2v) is 2.80. The predicted molar refractivity (Wildman–Crippen MR) is 39.5 cm³/mol. The van der Waals surface area contributed by atoms with Crippen LogP contribution in [0.25, 0.3) is 0 Å². The summed E-state index contributed by atoms with van der Waals surface area (Å²) in [5, 5.41) is 3.27. The van der Waals surface area contributed by atoms with Gasteiger partial charge in [0.15, 0.2) is 0 Å². The quantitative estimate of drug-likeness (QED) is 0.580. The number of amides is 1. The van der Waals surface area contributed by atoms with Crippen molar-refractivity contribution in [3.8, 4) is 0 Å². The van der Waals surface area contributed by atoms with Gasteiger partial charge in [0.05, 0.1) is 0 Å². The van der Waals surface area contributed by atoms with Gasteiger partial charge in [0.1, 0.15) is 0 Å². The van der Waals surface area contributed by atoms with Crippen LogP contribution in [0.2, 0.25) is 0 Å². The van der Waals surface area contributed by atoms with E-state index in [2.05, 4.69) is 5.32 Å². The molecule has 0 saturated carbocycles. The maximum absolute atomic E-state index is 10.3. The van der Waals surface area contributed by atoms with Crippen LogP contribution in [0.15, 0.2) is 0 Å². The van der Waals surface area contributed by atoms with E-state index in [0.29, 0.717) is 12.5 Å². The van der Waals surface area contributed by atoms with Crippen molar-refractivity contribution in [2.24, 2.45) is 5.73 Å². The Balaban J connectivity index is 1.89. The van der Waals surface area contributed by atoms with Crippen LogP contribution in [0.1, 0.15) is 25.7 Å². The van der Waals surface area contributed by atoms with E-state index in [1.165, 1.54) is 6.42 Å². The monoisotopic (exact) mass is 142 g/mol. The molecule has 0 spiro atoms. The molecule has 1 fully saturated rings. The second kappa shape index (κ2) is 3.56. The second-order valence-electron chi connectivity index (χ2n) is 2.80. The number of nitrogens with two attached hydrogens (primary N) is 1. The van der Waals surface area contributed by atoms with E-state index >= 15 is 0 Å². The minimum absolute atomic E-state index is 0.181. The Morgan fingerprint density at radius 1 is 1.70 bits per heavy atom. The number of hydrogen-bond donors (Lipinski definition) is 2. The van der Waals surface area contributed by atoms with Crippen molar-refractivity contribution in [1.82, 2.24) is 5.32 Å². The zero-order valence-corrected chi connectivity index (χ0v) is 6.10. The minimum Gasteiger partial charge on any atom is -0.370 e. The lowest BCUT2D eigenvalue weighted by Gasteiger charge is -2.27. The molecule has 0 aromatic rings. The van der Waals surface area contributed by atoms with Crippen LogP contribution >= 0.6 is 0 Å². The summed E-state index contributed by atoms with van der Waals surface area (Å²) in [5.41, 5.74) is 4.98. The fourth-order valence-corrected chi connectivity index (χ4v) is 1.12. The maximum atomic E-state index is 10.3. The summed E-state index contributed by atoms with van der Waals surface area (Å²) in [5.74, 6) is -0.181. The first kappa shape index (κ1) is 7.54. The van der Waals surface area contributed by atoms with Gasteiger partial charge in [0.2, 0.25) is 5.91 Å². The first-order valence-corrected chi connectivity index (χ1v) is 3.81. The normalized spacial score (nSPS) is 23.8. The summed E-state index contributed by atoms with van der Waals surface area (Å²) in [7, 11) is 0. The Kier molecular flexibility index (Phi) is 2.68. The summed E-state index contributed by atoms with van der Waals surface area (Å²) in [6.45, 7) is 1.14. The van der Waals surface area contributed by atoms with Crippen LogP contribution in [-0.2, 0) is 4.79 Å². The molecule has 0 radical (unpaired) electrons. The molecule has 0 aliphatic carbocycles. The largest absolute Gasteiger partial charge is 0.370 e. The fraction of sp³-hybridized carbons (Fsp3) is 0.857. The van der Waals surface area contributed by atoms with E-state index in [4.69, 9.17) is 5.73 Å². The van der Waals surface area contributed by atoms with Crippen LogP contribution in [0.4, 0.5) is 0 Å². The van der Waals surface area contributed by atoms with Gasteiger partial charge >= 0.3 is 0 Å². The molecule has 1 aliphatic rings. The van der Waals surface area contributed by atoms with E-state index in [-0.39, 0.29) is 5.91 Å². The third kappa shape index (κ3) is 2.35. The smallest absolute Gasteiger partial charge is 0.217 e. The van der Waals surface area contributed by atoms with E-state index in [0.717, 1.165) is 19.4 Å². The summed E-state index contributed by atoms with van der Waals surface area (Å²) < 4.78 is 0. The summed E-state index contributed by atoms with van der Waals surface area (Å²) in [4.78, 5) is 10.3. The minimum atomic E-state index is -0.181. The number of hydrogen-bond acceptors (Lipinski definition) is 2. The van der Waals surface area contributed by atoms with E-state index in [9.17, 15) is 4.79 Å². The number of rotatable bonds is 4. The molecule has 10 heavy (non-hydrogen) atoms.